The molecule has 21 heavy (non-hydrogen) atoms. The van der Waals surface area contributed by atoms with E-state index in [1.54, 1.807) is 0 Å². The maximum absolute atomic E-state index is 12.4. The molecule has 2 fully saturated rings. The quantitative estimate of drug-likeness (QED) is 0.770. The van der Waals surface area contributed by atoms with Crippen molar-refractivity contribution in [2.75, 3.05) is 13.1 Å². The van der Waals surface area contributed by atoms with Gasteiger partial charge in [0.2, 0.25) is 10.0 Å². The molecule has 3 rings (SSSR count). The SMILES string of the molecule is CCNCc1cc(S(=O)(=O)NCC2CC2C)cn1C1CC1. The highest BCUT2D eigenvalue weighted by Gasteiger charge is 2.34. The molecule has 0 amide bonds. The first kappa shape index (κ1) is 15.1. The lowest BCUT2D eigenvalue weighted by molar-refractivity contribution is 0.574. The molecule has 2 aliphatic carbocycles. The van der Waals surface area contributed by atoms with E-state index in [0.29, 0.717) is 29.3 Å². The van der Waals surface area contributed by atoms with Crippen LogP contribution in [0.25, 0.3) is 0 Å². The van der Waals surface area contributed by atoms with Crippen molar-refractivity contribution in [3.63, 3.8) is 0 Å². The summed E-state index contributed by atoms with van der Waals surface area (Å²) >= 11 is 0. The lowest BCUT2D eigenvalue weighted by Crippen LogP contribution is -2.25. The van der Waals surface area contributed by atoms with Crippen molar-refractivity contribution in [3.8, 4) is 0 Å². The van der Waals surface area contributed by atoms with Crippen molar-refractivity contribution in [3.05, 3.63) is 18.0 Å². The Morgan fingerprint density at radius 3 is 2.67 bits per heavy atom. The van der Waals surface area contributed by atoms with Gasteiger partial charge < -0.3 is 9.88 Å². The number of nitrogens with one attached hydrogen (secondary N) is 2. The Morgan fingerprint density at radius 2 is 2.10 bits per heavy atom. The van der Waals surface area contributed by atoms with E-state index in [4.69, 9.17) is 0 Å². The fourth-order valence-corrected chi connectivity index (χ4v) is 3.86. The molecular weight excluding hydrogens is 286 g/mol. The summed E-state index contributed by atoms with van der Waals surface area (Å²) in [5.74, 6) is 1.18. The van der Waals surface area contributed by atoms with Crippen molar-refractivity contribution in [2.24, 2.45) is 11.8 Å². The second kappa shape index (κ2) is 5.74. The molecule has 2 N–H and O–H groups in total. The Morgan fingerprint density at radius 1 is 1.38 bits per heavy atom. The Kier molecular flexibility index (Phi) is 4.12. The lowest BCUT2D eigenvalue weighted by Gasteiger charge is -2.07. The topological polar surface area (TPSA) is 63.1 Å². The van der Waals surface area contributed by atoms with Gasteiger partial charge in [0, 0.05) is 31.0 Å². The van der Waals surface area contributed by atoms with E-state index in [1.165, 1.54) is 0 Å². The van der Waals surface area contributed by atoms with Crippen molar-refractivity contribution >= 4 is 10.0 Å². The van der Waals surface area contributed by atoms with Gasteiger partial charge in [-0.15, -0.1) is 0 Å². The molecule has 5 nitrogen and oxygen atoms in total. The van der Waals surface area contributed by atoms with Gasteiger partial charge in [0.25, 0.3) is 0 Å². The van der Waals surface area contributed by atoms with Crippen LogP contribution in [-0.4, -0.2) is 26.1 Å². The van der Waals surface area contributed by atoms with Crippen molar-refractivity contribution in [1.82, 2.24) is 14.6 Å². The van der Waals surface area contributed by atoms with Crippen LogP contribution in [0.4, 0.5) is 0 Å². The van der Waals surface area contributed by atoms with Gasteiger partial charge >= 0.3 is 0 Å². The van der Waals surface area contributed by atoms with E-state index in [1.807, 2.05) is 12.3 Å². The Hall–Kier alpha value is -0.850. The van der Waals surface area contributed by atoms with E-state index in [9.17, 15) is 8.42 Å². The number of sulfonamides is 1. The molecule has 1 heterocycles. The Bertz CT molecular complexity index is 604. The van der Waals surface area contributed by atoms with E-state index < -0.39 is 10.0 Å². The molecule has 2 unspecified atom stereocenters. The lowest BCUT2D eigenvalue weighted by atomic mass is 10.3. The summed E-state index contributed by atoms with van der Waals surface area (Å²) in [6.07, 6.45) is 5.25. The minimum absolute atomic E-state index is 0.413. The van der Waals surface area contributed by atoms with Gasteiger partial charge in [0.05, 0.1) is 4.90 Å². The second-order valence-electron chi connectivity index (χ2n) is 6.41. The fraction of sp³-hybridized carbons (Fsp3) is 0.733. The first-order chi connectivity index (χ1) is 10.0. The summed E-state index contributed by atoms with van der Waals surface area (Å²) in [6, 6.07) is 2.31. The average molecular weight is 311 g/mol. The van der Waals surface area contributed by atoms with Gasteiger partial charge in [-0.3, -0.25) is 0 Å². The standard InChI is InChI=1S/C15H25N3O2S/c1-3-16-9-14-7-15(10-18(14)13-4-5-13)21(19,20)17-8-12-6-11(12)2/h7,10-13,16-17H,3-6,8-9H2,1-2H3. The Labute approximate surface area is 127 Å². The molecule has 0 saturated heterocycles. The molecule has 0 spiro atoms. The summed E-state index contributed by atoms with van der Waals surface area (Å²) in [6.45, 7) is 6.40. The highest BCUT2D eigenvalue weighted by Crippen LogP contribution is 2.38. The molecule has 2 aliphatic rings. The molecule has 6 heteroatoms. The van der Waals surface area contributed by atoms with Gasteiger partial charge in [-0.1, -0.05) is 13.8 Å². The predicted octanol–water partition coefficient (Wildman–Crippen LogP) is 1.87. The summed E-state index contributed by atoms with van der Waals surface area (Å²) in [7, 11) is -3.37. The summed E-state index contributed by atoms with van der Waals surface area (Å²) in [5, 5.41) is 3.28. The fourth-order valence-electron chi connectivity index (χ4n) is 2.71. The zero-order valence-electron chi connectivity index (χ0n) is 12.8. The van der Waals surface area contributed by atoms with Gasteiger partial charge in [0.15, 0.2) is 0 Å². The first-order valence-corrected chi connectivity index (χ1v) is 9.40. The number of rotatable bonds is 8. The van der Waals surface area contributed by atoms with E-state index in [0.717, 1.165) is 38.0 Å². The first-order valence-electron chi connectivity index (χ1n) is 7.92. The monoisotopic (exact) mass is 311 g/mol. The smallest absolute Gasteiger partial charge is 0.242 e. The number of nitrogens with zero attached hydrogens (tertiary/aromatic N) is 1. The molecule has 0 aromatic carbocycles. The van der Waals surface area contributed by atoms with Gasteiger partial charge in [-0.05, 0) is 43.7 Å². The van der Waals surface area contributed by atoms with E-state index in [-0.39, 0.29) is 0 Å². The Balaban J connectivity index is 1.73. The third-order valence-corrected chi connectivity index (χ3v) is 5.92. The molecular formula is C15H25N3O2S. The summed E-state index contributed by atoms with van der Waals surface area (Å²) in [5.41, 5.74) is 1.07. The molecule has 1 aromatic heterocycles. The van der Waals surface area contributed by atoms with Gasteiger partial charge in [-0.2, -0.15) is 0 Å². The average Bonchev–Trinajstić information content (AvgIpc) is 3.35. The van der Waals surface area contributed by atoms with E-state index in [2.05, 4.69) is 28.5 Å². The van der Waals surface area contributed by atoms with Crippen LogP contribution >= 0.6 is 0 Å². The van der Waals surface area contributed by atoms with Crippen molar-refractivity contribution in [2.45, 2.75) is 50.6 Å². The van der Waals surface area contributed by atoms with Crippen molar-refractivity contribution in [1.29, 1.82) is 0 Å². The van der Waals surface area contributed by atoms with Crippen LogP contribution in [-0.2, 0) is 16.6 Å². The van der Waals surface area contributed by atoms with Crippen LogP contribution in [0.15, 0.2) is 17.2 Å². The molecule has 0 bridgehead atoms. The van der Waals surface area contributed by atoms with Crippen LogP contribution in [0.2, 0.25) is 0 Å². The van der Waals surface area contributed by atoms with Crippen LogP contribution in [0, 0.1) is 11.8 Å². The highest BCUT2D eigenvalue weighted by atomic mass is 32.2. The van der Waals surface area contributed by atoms with Crippen LogP contribution in [0.3, 0.4) is 0 Å². The molecule has 0 radical (unpaired) electrons. The minimum Gasteiger partial charge on any atom is -0.346 e. The third-order valence-electron chi connectivity index (χ3n) is 4.53. The third kappa shape index (κ3) is 3.49. The maximum atomic E-state index is 12.4. The molecule has 118 valence electrons. The number of hydrogen-bond donors (Lipinski definition) is 2. The van der Waals surface area contributed by atoms with Gasteiger partial charge in [0.1, 0.15) is 0 Å². The number of aromatic nitrogens is 1. The molecule has 1 aromatic rings. The highest BCUT2D eigenvalue weighted by molar-refractivity contribution is 7.89. The molecule has 2 atom stereocenters. The normalized spacial score (nSPS) is 25.2. The second-order valence-corrected chi connectivity index (χ2v) is 8.18. The van der Waals surface area contributed by atoms with Crippen LogP contribution < -0.4 is 10.0 Å². The minimum atomic E-state index is -3.37. The van der Waals surface area contributed by atoms with E-state index >= 15 is 0 Å². The maximum Gasteiger partial charge on any atom is 0.242 e. The summed E-state index contributed by atoms with van der Waals surface area (Å²) < 4.78 is 29.7. The largest absolute Gasteiger partial charge is 0.346 e. The zero-order valence-corrected chi connectivity index (χ0v) is 13.6. The molecule has 0 aliphatic heterocycles. The van der Waals surface area contributed by atoms with Gasteiger partial charge in [-0.25, -0.2) is 13.1 Å². The predicted molar refractivity (Wildman–Crippen MR) is 82.5 cm³/mol. The number of hydrogen-bond acceptors (Lipinski definition) is 3. The zero-order chi connectivity index (χ0) is 15.0. The van der Waals surface area contributed by atoms with Crippen LogP contribution in [0.1, 0.15) is 44.8 Å². The van der Waals surface area contributed by atoms with Crippen molar-refractivity contribution < 1.29 is 8.42 Å². The van der Waals surface area contributed by atoms with Crippen LogP contribution in [0.5, 0.6) is 0 Å². The molecule has 2 saturated carbocycles. The summed E-state index contributed by atoms with van der Waals surface area (Å²) in [4.78, 5) is 0.413.